The molecule has 3 amide bonds. The van der Waals surface area contributed by atoms with Crippen molar-refractivity contribution in [1.29, 1.82) is 0 Å². The minimum atomic E-state index is -0.798. The largest absolute Gasteiger partial charge is 0.444 e. The molecular formula is C30H51N3O4. The van der Waals surface area contributed by atoms with Gasteiger partial charge in [0.1, 0.15) is 17.7 Å². The number of ether oxygens (including phenoxy) is 1. The van der Waals surface area contributed by atoms with Crippen molar-refractivity contribution in [3.8, 4) is 0 Å². The number of alkyl carbamates (subject to hydrolysis) is 1. The summed E-state index contributed by atoms with van der Waals surface area (Å²) in [5, 5.41) is 5.88. The number of rotatable bonds is 14. The number of carbonyl (C=O) groups excluding carboxylic acids is 3. The monoisotopic (exact) mass is 517 g/mol. The van der Waals surface area contributed by atoms with E-state index in [0.29, 0.717) is 19.5 Å². The topological polar surface area (TPSA) is 87.7 Å². The van der Waals surface area contributed by atoms with Crippen LogP contribution in [0.2, 0.25) is 0 Å². The molecule has 1 aromatic carbocycles. The molecule has 210 valence electrons. The lowest BCUT2D eigenvalue weighted by Gasteiger charge is -2.35. The average molecular weight is 518 g/mol. The number of amides is 3. The van der Waals surface area contributed by atoms with Gasteiger partial charge in [0.2, 0.25) is 11.8 Å². The fourth-order valence-corrected chi connectivity index (χ4v) is 4.30. The molecule has 0 bridgehead atoms. The van der Waals surface area contributed by atoms with Crippen LogP contribution >= 0.6 is 0 Å². The standard InChI is InChI=1S/C30H51N3O4/c1-10-12-14-17-31-27(34)26(24-16-15-22(5)20-23(24)6)33(18-13-11-2)28(35)25(19-21(3)4)32-29(36)37-30(7,8)9/h15-16,20-21,25-26H,10-14,17-19H2,1-9H3,(H,31,34)(H,32,36). The van der Waals surface area contributed by atoms with Gasteiger partial charge in [0, 0.05) is 13.1 Å². The SMILES string of the molecule is CCCCCNC(=O)C(c1ccc(C)cc1C)N(CCCC)C(=O)C(CC(C)C)NC(=O)OC(C)(C)C. The number of nitrogens with zero attached hydrogens (tertiary/aromatic N) is 1. The number of aryl methyl sites for hydroxylation is 2. The van der Waals surface area contributed by atoms with Crippen molar-refractivity contribution in [3.05, 3.63) is 34.9 Å². The second-order valence-corrected chi connectivity index (χ2v) is 11.5. The molecule has 0 heterocycles. The molecule has 7 nitrogen and oxygen atoms in total. The van der Waals surface area contributed by atoms with Gasteiger partial charge in [-0.25, -0.2) is 4.79 Å². The van der Waals surface area contributed by atoms with Gasteiger partial charge in [-0.3, -0.25) is 9.59 Å². The molecule has 2 N–H and O–H groups in total. The Kier molecular flexibility index (Phi) is 13.7. The molecule has 0 saturated carbocycles. The Morgan fingerprint density at radius 2 is 1.65 bits per heavy atom. The molecule has 0 fully saturated rings. The lowest BCUT2D eigenvalue weighted by atomic mass is 9.95. The normalized spacial score (nSPS) is 13.1. The third-order valence-electron chi connectivity index (χ3n) is 6.09. The van der Waals surface area contributed by atoms with E-state index in [2.05, 4.69) is 24.5 Å². The van der Waals surface area contributed by atoms with Crippen molar-refractivity contribution in [2.75, 3.05) is 13.1 Å². The van der Waals surface area contributed by atoms with Crippen molar-refractivity contribution < 1.29 is 19.1 Å². The highest BCUT2D eigenvalue weighted by Crippen LogP contribution is 2.28. The number of unbranched alkanes of at least 4 members (excludes halogenated alkanes) is 3. The van der Waals surface area contributed by atoms with Gasteiger partial charge in [-0.15, -0.1) is 0 Å². The molecule has 0 saturated heterocycles. The van der Waals surface area contributed by atoms with Crippen LogP contribution in [0, 0.1) is 19.8 Å². The van der Waals surface area contributed by atoms with Crippen LogP contribution < -0.4 is 10.6 Å². The third-order valence-corrected chi connectivity index (χ3v) is 6.09. The summed E-state index contributed by atoms with van der Waals surface area (Å²) in [5.41, 5.74) is 2.18. The summed E-state index contributed by atoms with van der Waals surface area (Å²) in [6.45, 7) is 18.5. The maximum Gasteiger partial charge on any atom is 0.408 e. The summed E-state index contributed by atoms with van der Waals surface area (Å²) in [6, 6.07) is 4.39. The predicted octanol–water partition coefficient (Wildman–Crippen LogP) is 6.22. The highest BCUT2D eigenvalue weighted by Gasteiger charge is 2.36. The van der Waals surface area contributed by atoms with E-state index in [1.807, 2.05) is 45.9 Å². The zero-order chi connectivity index (χ0) is 28.2. The zero-order valence-electron chi connectivity index (χ0n) is 24.7. The molecule has 0 radical (unpaired) electrons. The van der Waals surface area contributed by atoms with Gasteiger partial charge in [0.15, 0.2) is 0 Å². The van der Waals surface area contributed by atoms with E-state index in [9.17, 15) is 14.4 Å². The minimum Gasteiger partial charge on any atom is -0.444 e. The number of hydrogen-bond acceptors (Lipinski definition) is 4. The van der Waals surface area contributed by atoms with Gasteiger partial charge in [-0.1, -0.05) is 70.7 Å². The van der Waals surface area contributed by atoms with Crippen molar-refractivity contribution in [2.45, 2.75) is 119 Å². The van der Waals surface area contributed by atoms with Crippen LogP contribution in [0.5, 0.6) is 0 Å². The van der Waals surface area contributed by atoms with Crippen LogP contribution in [0.15, 0.2) is 18.2 Å². The van der Waals surface area contributed by atoms with Gasteiger partial charge in [0.25, 0.3) is 0 Å². The van der Waals surface area contributed by atoms with E-state index in [4.69, 9.17) is 4.74 Å². The number of benzene rings is 1. The smallest absolute Gasteiger partial charge is 0.408 e. The molecule has 0 aliphatic carbocycles. The average Bonchev–Trinajstić information content (AvgIpc) is 2.77. The Balaban J connectivity index is 3.46. The second kappa shape index (κ2) is 15.6. The molecule has 2 atom stereocenters. The Bertz CT molecular complexity index is 876. The zero-order valence-corrected chi connectivity index (χ0v) is 24.7. The summed E-state index contributed by atoms with van der Waals surface area (Å²) in [6.07, 6.45) is 4.41. The Hall–Kier alpha value is -2.57. The van der Waals surface area contributed by atoms with E-state index in [1.54, 1.807) is 25.7 Å². The molecule has 0 aliphatic rings. The van der Waals surface area contributed by atoms with E-state index in [-0.39, 0.29) is 17.7 Å². The summed E-state index contributed by atoms with van der Waals surface area (Å²) >= 11 is 0. The maximum absolute atomic E-state index is 14.1. The van der Waals surface area contributed by atoms with E-state index < -0.39 is 23.8 Å². The molecule has 0 spiro atoms. The Morgan fingerprint density at radius 3 is 2.19 bits per heavy atom. The summed E-state index contributed by atoms with van der Waals surface area (Å²) < 4.78 is 5.46. The fourth-order valence-electron chi connectivity index (χ4n) is 4.30. The van der Waals surface area contributed by atoms with Gasteiger partial charge < -0.3 is 20.3 Å². The molecule has 1 aromatic rings. The molecule has 37 heavy (non-hydrogen) atoms. The van der Waals surface area contributed by atoms with E-state index >= 15 is 0 Å². The van der Waals surface area contributed by atoms with Crippen molar-refractivity contribution >= 4 is 17.9 Å². The van der Waals surface area contributed by atoms with Crippen LogP contribution in [0.4, 0.5) is 4.79 Å². The Labute approximate surface area is 225 Å². The highest BCUT2D eigenvalue weighted by molar-refractivity contribution is 5.92. The highest BCUT2D eigenvalue weighted by atomic mass is 16.6. The van der Waals surface area contributed by atoms with Crippen molar-refractivity contribution in [1.82, 2.24) is 15.5 Å². The van der Waals surface area contributed by atoms with Crippen molar-refractivity contribution in [2.24, 2.45) is 5.92 Å². The summed E-state index contributed by atoms with van der Waals surface area (Å²) in [7, 11) is 0. The Morgan fingerprint density at radius 1 is 1.00 bits per heavy atom. The maximum atomic E-state index is 14.1. The fraction of sp³-hybridized carbons (Fsp3) is 0.700. The lowest BCUT2D eigenvalue weighted by molar-refractivity contribution is -0.143. The van der Waals surface area contributed by atoms with Crippen LogP contribution in [0.25, 0.3) is 0 Å². The molecule has 1 rings (SSSR count). The molecule has 7 heteroatoms. The molecular weight excluding hydrogens is 466 g/mol. The first-order valence-corrected chi connectivity index (χ1v) is 14.0. The lowest BCUT2D eigenvalue weighted by Crippen LogP contribution is -2.53. The minimum absolute atomic E-state index is 0.152. The van der Waals surface area contributed by atoms with Gasteiger partial charge in [-0.2, -0.15) is 0 Å². The predicted molar refractivity (Wildman–Crippen MR) is 150 cm³/mol. The van der Waals surface area contributed by atoms with Crippen LogP contribution in [0.1, 0.15) is 110 Å². The number of hydrogen-bond donors (Lipinski definition) is 2. The quantitative estimate of drug-likeness (QED) is 0.287. The van der Waals surface area contributed by atoms with Crippen molar-refractivity contribution in [3.63, 3.8) is 0 Å². The third kappa shape index (κ3) is 11.6. The van der Waals surface area contributed by atoms with E-state index in [1.165, 1.54) is 0 Å². The van der Waals surface area contributed by atoms with Gasteiger partial charge >= 0.3 is 6.09 Å². The van der Waals surface area contributed by atoms with Crippen LogP contribution in [0.3, 0.4) is 0 Å². The number of nitrogens with one attached hydrogen (secondary N) is 2. The first-order chi connectivity index (χ1) is 17.3. The molecule has 0 aromatic heterocycles. The molecule has 0 aliphatic heterocycles. The summed E-state index contributed by atoms with van der Waals surface area (Å²) in [5.74, 6) is -0.297. The van der Waals surface area contributed by atoms with Crippen LogP contribution in [-0.4, -0.2) is 47.5 Å². The first kappa shape index (κ1) is 32.5. The summed E-state index contributed by atoms with van der Waals surface area (Å²) in [4.78, 5) is 42.2. The van der Waals surface area contributed by atoms with Gasteiger partial charge in [-0.05, 0) is 70.9 Å². The van der Waals surface area contributed by atoms with Crippen LogP contribution in [-0.2, 0) is 14.3 Å². The van der Waals surface area contributed by atoms with Gasteiger partial charge in [0.05, 0.1) is 0 Å². The number of carbonyl (C=O) groups is 3. The first-order valence-electron chi connectivity index (χ1n) is 14.0. The molecule has 2 unspecified atom stereocenters. The second-order valence-electron chi connectivity index (χ2n) is 11.5. The van der Waals surface area contributed by atoms with E-state index in [0.717, 1.165) is 48.8 Å².